The van der Waals surface area contributed by atoms with Crippen molar-refractivity contribution in [3.8, 4) is 14.9 Å². The van der Waals surface area contributed by atoms with E-state index in [2.05, 4.69) is 110 Å². The molecule has 0 fully saturated rings. The molecule has 0 N–H and O–H groups in total. The van der Waals surface area contributed by atoms with Crippen molar-refractivity contribution in [1.29, 1.82) is 0 Å². The number of ether oxygens (including phenoxy) is 1. The van der Waals surface area contributed by atoms with Gasteiger partial charge in [-0.15, -0.1) is 0 Å². The molecule has 8 heteroatoms. The quantitative estimate of drug-likeness (QED) is 0.180. The van der Waals surface area contributed by atoms with Gasteiger partial charge in [0.05, 0.1) is 0 Å². The summed E-state index contributed by atoms with van der Waals surface area (Å²) in [6, 6.07) is 28.2. The minimum absolute atomic E-state index is 0.469. The summed E-state index contributed by atoms with van der Waals surface area (Å²) in [4.78, 5) is 2.12. The van der Waals surface area contributed by atoms with Crippen LogP contribution in [-0.4, -0.2) is 48.9 Å². The smallest absolute Gasteiger partial charge is 0.418 e. The summed E-state index contributed by atoms with van der Waals surface area (Å²) in [6.07, 6.45) is 4.44. The van der Waals surface area contributed by atoms with Gasteiger partial charge in [0.25, 0.3) is 0 Å². The van der Waals surface area contributed by atoms with Crippen LogP contribution in [0.3, 0.4) is 0 Å². The van der Waals surface area contributed by atoms with Crippen LogP contribution in [0.15, 0.2) is 78.9 Å². The summed E-state index contributed by atoms with van der Waals surface area (Å²) in [7, 11) is -0.137. The summed E-state index contributed by atoms with van der Waals surface area (Å²) in [6.45, 7) is 0. The Bertz CT molecular complexity index is 1250. The number of nitrogens with zero attached hydrogens (tertiary/aromatic N) is 1. The Morgan fingerprint density at radius 3 is 2.06 bits per heavy atom. The van der Waals surface area contributed by atoms with Crippen molar-refractivity contribution in [3.05, 3.63) is 90.0 Å². The minimum atomic E-state index is -6.00. The molecule has 1 aromatic heterocycles. The predicted octanol–water partition coefficient (Wildman–Crippen LogP) is 7.39. The number of fused-ring (bicyclic) bond motifs is 1. The molecule has 0 amide bonds. The van der Waals surface area contributed by atoms with E-state index in [1.54, 1.807) is 7.11 Å². The zero-order chi connectivity index (χ0) is 24.7. The van der Waals surface area contributed by atoms with Gasteiger partial charge in [-0.1, -0.05) is 0 Å². The summed E-state index contributed by atoms with van der Waals surface area (Å²) in [5.74, 6) is 0.936. The van der Waals surface area contributed by atoms with Crippen LogP contribution >= 0.6 is 0 Å². The van der Waals surface area contributed by atoms with Gasteiger partial charge < -0.3 is 17.3 Å². The van der Waals surface area contributed by atoms with Gasteiger partial charge in [-0.3, -0.25) is 0 Å². The zero-order valence-corrected chi connectivity index (χ0v) is 21.3. The van der Waals surface area contributed by atoms with Crippen molar-refractivity contribution in [3.63, 3.8) is 0 Å². The maximum Gasteiger partial charge on any atom is 0.673 e. The Labute approximate surface area is 206 Å². The molecule has 0 aliphatic heterocycles. The number of rotatable bonds is 5. The largest absolute Gasteiger partial charge is 0.673 e. The van der Waals surface area contributed by atoms with E-state index in [0.717, 1.165) is 5.75 Å². The maximum atomic E-state index is 9.75. The standard InChI is InChI=1S/C26H24NOTe.BF4/c1-27(2)22-13-10-19(11-14-22)9-12-21-17-25(20-7-5-4-6-8-20)29-26-18-23(28-3)15-16-24(21)26;2-1(3,4)5/h4-18H,1-3H3;/q+1;-1. The topological polar surface area (TPSA) is 12.5 Å². The molecule has 0 bridgehead atoms. The van der Waals surface area contributed by atoms with E-state index in [0.29, 0.717) is 0 Å². The first kappa shape index (κ1) is 25.8. The molecule has 4 aromatic rings. The Hall–Kier alpha value is -2.82. The zero-order valence-electron chi connectivity index (χ0n) is 19.0. The van der Waals surface area contributed by atoms with E-state index in [-0.39, 0.29) is 0 Å². The Morgan fingerprint density at radius 1 is 0.824 bits per heavy atom. The number of methoxy groups -OCH3 is 1. The molecular formula is C26H24BF4NOTe. The fraction of sp³-hybridized carbons (Fsp3) is 0.115. The molecule has 0 unspecified atom stereocenters. The van der Waals surface area contributed by atoms with Crippen LogP contribution in [0.5, 0.6) is 5.75 Å². The first-order chi connectivity index (χ1) is 16.1. The Kier molecular flexibility index (Phi) is 8.76. The van der Waals surface area contributed by atoms with Crippen LogP contribution in [0.4, 0.5) is 23.0 Å². The molecule has 0 aliphatic carbocycles. The van der Waals surface area contributed by atoms with Crippen LogP contribution < -0.4 is 9.64 Å². The third kappa shape index (κ3) is 7.61. The predicted molar refractivity (Wildman–Crippen MR) is 137 cm³/mol. The van der Waals surface area contributed by atoms with Gasteiger partial charge in [-0.2, -0.15) is 0 Å². The van der Waals surface area contributed by atoms with Gasteiger partial charge in [0.2, 0.25) is 0 Å². The molecule has 3 aromatic carbocycles. The fourth-order valence-electron chi connectivity index (χ4n) is 3.27. The number of hydrogen-bond donors (Lipinski definition) is 0. The molecule has 0 aliphatic rings. The second-order valence-corrected chi connectivity index (χ2v) is 10.7. The first-order valence-corrected chi connectivity index (χ1v) is 12.8. The summed E-state index contributed by atoms with van der Waals surface area (Å²) >= 11 is -0.469. The molecule has 34 heavy (non-hydrogen) atoms. The van der Waals surface area contributed by atoms with Crippen LogP contribution in [-0.2, 0) is 0 Å². The van der Waals surface area contributed by atoms with Crippen molar-refractivity contribution in [2.24, 2.45) is 0 Å². The van der Waals surface area contributed by atoms with Crippen LogP contribution in [0.1, 0.15) is 11.1 Å². The molecule has 0 atom stereocenters. The van der Waals surface area contributed by atoms with Gasteiger partial charge in [0.15, 0.2) is 0 Å². The summed E-state index contributed by atoms with van der Waals surface area (Å²) in [5, 5.41) is 1.33. The minimum Gasteiger partial charge on any atom is -0.418 e. The third-order valence-corrected chi connectivity index (χ3v) is 8.16. The number of anilines is 1. The van der Waals surface area contributed by atoms with Crippen molar-refractivity contribution in [2.45, 2.75) is 0 Å². The molecule has 0 saturated heterocycles. The molecule has 1 heterocycles. The van der Waals surface area contributed by atoms with E-state index in [9.17, 15) is 17.3 Å². The molecule has 2 nitrogen and oxygen atoms in total. The van der Waals surface area contributed by atoms with E-state index in [1.807, 2.05) is 0 Å². The molecule has 176 valence electrons. The molecule has 4 rings (SSSR count). The van der Waals surface area contributed by atoms with Gasteiger partial charge in [-0.05, 0) is 0 Å². The first-order valence-electron chi connectivity index (χ1n) is 10.5. The van der Waals surface area contributed by atoms with Gasteiger partial charge >= 0.3 is 190 Å². The number of benzene rings is 3. The molecular weight excluding hydrogens is 557 g/mol. The van der Waals surface area contributed by atoms with E-state index >= 15 is 0 Å². The van der Waals surface area contributed by atoms with Crippen molar-refractivity contribution in [2.75, 3.05) is 26.1 Å². The van der Waals surface area contributed by atoms with E-state index < -0.39 is 27.7 Å². The van der Waals surface area contributed by atoms with Gasteiger partial charge in [-0.25, -0.2) is 0 Å². The summed E-state index contributed by atoms with van der Waals surface area (Å²) in [5.41, 5.74) is 5.00. The van der Waals surface area contributed by atoms with Crippen LogP contribution in [0, 0.1) is 0 Å². The summed E-state index contributed by atoms with van der Waals surface area (Å²) < 4.78 is 47.4. The average Bonchev–Trinajstić information content (AvgIpc) is 2.81. The average molecular weight is 581 g/mol. The third-order valence-electron chi connectivity index (χ3n) is 4.93. The van der Waals surface area contributed by atoms with Crippen LogP contribution in [0.2, 0.25) is 0 Å². The fourth-order valence-corrected chi connectivity index (χ4v) is 6.55. The number of hydrogen-bond acceptors (Lipinski definition) is 2. The van der Waals surface area contributed by atoms with Crippen LogP contribution in [0.25, 0.3) is 30.1 Å². The SMILES string of the molecule is COc1ccc2c(C=Cc3ccc(N(C)C)cc3)cc(-c3ccccc3)[te+]c2c1.F[B-](F)(F)F. The van der Waals surface area contributed by atoms with Gasteiger partial charge in [0.1, 0.15) is 0 Å². The monoisotopic (exact) mass is 583 g/mol. The van der Waals surface area contributed by atoms with E-state index in [4.69, 9.17) is 4.74 Å². The maximum absolute atomic E-state index is 9.75. The van der Waals surface area contributed by atoms with Crippen molar-refractivity contribution < 1.29 is 22.0 Å². The van der Waals surface area contributed by atoms with Crippen molar-refractivity contribution in [1.82, 2.24) is 0 Å². The molecule has 0 saturated carbocycles. The van der Waals surface area contributed by atoms with E-state index in [1.165, 1.54) is 34.7 Å². The second-order valence-electron chi connectivity index (χ2n) is 7.61. The molecule has 0 spiro atoms. The van der Waals surface area contributed by atoms with Gasteiger partial charge in [0, 0.05) is 0 Å². The number of halogens is 4. The Morgan fingerprint density at radius 2 is 1.47 bits per heavy atom. The van der Waals surface area contributed by atoms with Crippen molar-refractivity contribution >= 4 is 54.3 Å². The Balaban J connectivity index is 0.000000588. The normalized spacial score (nSPS) is 11.3. The molecule has 0 radical (unpaired) electrons. The second kappa shape index (κ2) is 11.5.